The van der Waals surface area contributed by atoms with Crippen molar-refractivity contribution in [3.63, 3.8) is 0 Å². The van der Waals surface area contributed by atoms with Gasteiger partial charge < -0.3 is 10.1 Å². The van der Waals surface area contributed by atoms with Crippen molar-refractivity contribution in [2.24, 2.45) is 0 Å². The van der Waals surface area contributed by atoms with Crippen LogP contribution in [0.25, 0.3) is 0 Å². The van der Waals surface area contributed by atoms with Gasteiger partial charge in [-0.2, -0.15) is 0 Å². The van der Waals surface area contributed by atoms with E-state index in [1.165, 1.54) is 6.07 Å². The molecule has 1 atom stereocenters. The van der Waals surface area contributed by atoms with Crippen LogP contribution in [0, 0.1) is 17.7 Å². The van der Waals surface area contributed by atoms with E-state index in [0.29, 0.717) is 0 Å². The predicted octanol–water partition coefficient (Wildman–Crippen LogP) is 3.52. The molecule has 0 bridgehead atoms. The quantitative estimate of drug-likeness (QED) is 0.825. The highest BCUT2D eigenvalue weighted by Crippen LogP contribution is 2.19. The Labute approximate surface area is 141 Å². The van der Waals surface area contributed by atoms with Gasteiger partial charge in [0.05, 0.1) is 12.5 Å². The Kier molecular flexibility index (Phi) is 6.85. The van der Waals surface area contributed by atoms with Crippen molar-refractivity contribution in [3.05, 3.63) is 66.0 Å². The number of nitrogens with one attached hydrogen (secondary N) is 1. The van der Waals surface area contributed by atoms with Crippen molar-refractivity contribution in [2.45, 2.75) is 19.3 Å². The molecule has 1 unspecified atom stereocenters. The number of carbonyl (C=O) groups is 1. The van der Waals surface area contributed by atoms with Crippen molar-refractivity contribution in [1.82, 2.24) is 5.32 Å². The van der Waals surface area contributed by atoms with E-state index in [9.17, 15) is 9.18 Å². The molecule has 0 saturated carbocycles. The first-order valence-electron chi connectivity index (χ1n) is 7.88. The number of ether oxygens (including phenoxy) is 1. The van der Waals surface area contributed by atoms with E-state index in [1.54, 1.807) is 18.2 Å². The maximum absolute atomic E-state index is 13.3. The highest BCUT2D eigenvalue weighted by molar-refractivity contribution is 5.83. The maximum Gasteiger partial charge on any atom is 0.228 e. The molecule has 0 aliphatic heterocycles. The number of rotatable bonds is 6. The number of hydrogen-bond acceptors (Lipinski definition) is 2. The fourth-order valence-corrected chi connectivity index (χ4v) is 2.30. The maximum atomic E-state index is 13.3. The van der Waals surface area contributed by atoms with Gasteiger partial charge in [0.15, 0.2) is 11.6 Å². The lowest BCUT2D eigenvalue weighted by Crippen LogP contribution is -2.29. The summed E-state index contributed by atoms with van der Waals surface area (Å²) in [5.41, 5.74) is 0.994. The zero-order valence-corrected chi connectivity index (χ0v) is 13.6. The second-order valence-electron chi connectivity index (χ2n) is 5.16. The van der Waals surface area contributed by atoms with E-state index in [-0.39, 0.29) is 30.7 Å². The van der Waals surface area contributed by atoms with Gasteiger partial charge in [-0.1, -0.05) is 61.2 Å². The zero-order chi connectivity index (χ0) is 17.2. The molecular weight excluding hydrogens is 305 g/mol. The minimum atomic E-state index is -0.416. The standard InChI is InChI=1S/C20H20FNO2/c1-2-17(16-10-4-3-5-11-16)20(23)22-14-8-9-15-24-19-13-7-6-12-18(19)21/h3-7,10-13,17H,2,14-15H2,1H3,(H,22,23). The van der Waals surface area contributed by atoms with E-state index in [0.717, 1.165) is 12.0 Å². The van der Waals surface area contributed by atoms with Crippen LogP contribution in [0.15, 0.2) is 54.6 Å². The third-order valence-electron chi connectivity index (χ3n) is 3.54. The number of hydrogen-bond donors (Lipinski definition) is 1. The first-order chi connectivity index (χ1) is 11.7. The molecule has 0 fully saturated rings. The SMILES string of the molecule is CCC(C(=O)NCC#CCOc1ccccc1F)c1ccccc1. The second kappa shape index (κ2) is 9.36. The summed E-state index contributed by atoms with van der Waals surface area (Å²) in [6, 6.07) is 15.8. The van der Waals surface area contributed by atoms with Gasteiger partial charge in [-0.3, -0.25) is 4.79 Å². The fourth-order valence-electron chi connectivity index (χ4n) is 2.30. The van der Waals surface area contributed by atoms with E-state index in [1.807, 2.05) is 37.3 Å². The molecule has 0 saturated heterocycles. The summed E-state index contributed by atoms with van der Waals surface area (Å²) < 4.78 is 18.6. The normalized spacial score (nSPS) is 11.1. The van der Waals surface area contributed by atoms with Crippen molar-refractivity contribution in [3.8, 4) is 17.6 Å². The molecule has 0 aromatic heterocycles. The van der Waals surface area contributed by atoms with Crippen LogP contribution in [0.1, 0.15) is 24.8 Å². The number of halogens is 1. The first kappa shape index (κ1) is 17.6. The van der Waals surface area contributed by atoms with E-state index >= 15 is 0 Å². The minimum Gasteiger partial charge on any atom is -0.478 e. The number of amides is 1. The third-order valence-corrected chi connectivity index (χ3v) is 3.54. The Morgan fingerprint density at radius 3 is 2.54 bits per heavy atom. The summed E-state index contributed by atoms with van der Waals surface area (Å²) in [6.45, 7) is 2.29. The van der Waals surface area contributed by atoms with Crippen LogP contribution >= 0.6 is 0 Å². The summed E-state index contributed by atoms with van der Waals surface area (Å²) in [7, 11) is 0. The smallest absolute Gasteiger partial charge is 0.228 e. The Balaban J connectivity index is 1.77. The summed E-state index contributed by atoms with van der Waals surface area (Å²) in [6.07, 6.45) is 0.722. The molecule has 24 heavy (non-hydrogen) atoms. The second-order valence-corrected chi connectivity index (χ2v) is 5.16. The van der Waals surface area contributed by atoms with Crippen LogP contribution in [0.2, 0.25) is 0 Å². The van der Waals surface area contributed by atoms with Crippen molar-refractivity contribution >= 4 is 5.91 Å². The van der Waals surface area contributed by atoms with E-state index in [2.05, 4.69) is 17.2 Å². The average molecular weight is 325 g/mol. The van der Waals surface area contributed by atoms with Gasteiger partial charge >= 0.3 is 0 Å². The summed E-state index contributed by atoms with van der Waals surface area (Å²) >= 11 is 0. The Bertz CT molecular complexity index is 719. The molecule has 0 heterocycles. The van der Waals surface area contributed by atoms with Crippen LogP contribution < -0.4 is 10.1 Å². The van der Waals surface area contributed by atoms with E-state index < -0.39 is 5.82 Å². The fraction of sp³-hybridized carbons (Fsp3) is 0.250. The Morgan fingerprint density at radius 1 is 1.12 bits per heavy atom. The largest absolute Gasteiger partial charge is 0.478 e. The zero-order valence-electron chi connectivity index (χ0n) is 13.6. The molecule has 2 aromatic carbocycles. The van der Waals surface area contributed by atoms with Gasteiger partial charge in [0.25, 0.3) is 0 Å². The molecule has 2 rings (SSSR count). The van der Waals surface area contributed by atoms with Gasteiger partial charge in [0, 0.05) is 0 Å². The topological polar surface area (TPSA) is 38.3 Å². The van der Waals surface area contributed by atoms with Crippen LogP contribution in [-0.4, -0.2) is 19.1 Å². The monoisotopic (exact) mass is 325 g/mol. The van der Waals surface area contributed by atoms with E-state index in [4.69, 9.17) is 4.74 Å². The molecule has 0 radical (unpaired) electrons. The molecule has 0 aliphatic carbocycles. The highest BCUT2D eigenvalue weighted by atomic mass is 19.1. The number of para-hydroxylation sites is 1. The molecule has 1 amide bonds. The molecule has 124 valence electrons. The summed E-state index contributed by atoms with van der Waals surface area (Å²) in [5.74, 6) is 5.10. The molecule has 0 spiro atoms. The lowest BCUT2D eigenvalue weighted by atomic mass is 9.96. The molecule has 1 N–H and O–H groups in total. The molecular formula is C20H20FNO2. The predicted molar refractivity (Wildman–Crippen MR) is 92.2 cm³/mol. The Hall–Kier alpha value is -2.80. The number of carbonyl (C=O) groups excluding carboxylic acids is 1. The van der Waals surface area contributed by atoms with Crippen LogP contribution in [-0.2, 0) is 4.79 Å². The van der Waals surface area contributed by atoms with Gasteiger partial charge in [0.1, 0.15) is 6.61 Å². The Morgan fingerprint density at radius 2 is 1.83 bits per heavy atom. The molecule has 0 aliphatic rings. The third kappa shape index (κ3) is 5.13. The summed E-state index contributed by atoms with van der Waals surface area (Å²) in [4.78, 5) is 12.2. The van der Waals surface area contributed by atoms with Crippen molar-refractivity contribution in [1.29, 1.82) is 0 Å². The van der Waals surface area contributed by atoms with Crippen molar-refractivity contribution in [2.75, 3.05) is 13.2 Å². The van der Waals surface area contributed by atoms with Crippen LogP contribution in [0.5, 0.6) is 5.75 Å². The summed E-state index contributed by atoms with van der Waals surface area (Å²) in [5, 5.41) is 2.80. The van der Waals surface area contributed by atoms with Gasteiger partial charge in [-0.25, -0.2) is 4.39 Å². The first-order valence-corrected chi connectivity index (χ1v) is 7.88. The lowest BCUT2D eigenvalue weighted by Gasteiger charge is -2.14. The number of benzene rings is 2. The van der Waals surface area contributed by atoms with Crippen LogP contribution in [0.3, 0.4) is 0 Å². The minimum absolute atomic E-state index is 0.0481. The molecule has 3 nitrogen and oxygen atoms in total. The van der Waals surface area contributed by atoms with Crippen molar-refractivity contribution < 1.29 is 13.9 Å². The highest BCUT2D eigenvalue weighted by Gasteiger charge is 2.17. The van der Waals surface area contributed by atoms with Gasteiger partial charge in [0.2, 0.25) is 5.91 Å². The molecule has 2 aromatic rings. The van der Waals surface area contributed by atoms with Gasteiger partial charge in [-0.15, -0.1) is 0 Å². The lowest BCUT2D eigenvalue weighted by molar-refractivity contribution is -0.122. The average Bonchev–Trinajstić information content (AvgIpc) is 2.61. The van der Waals surface area contributed by atoms with Gasteiger partial charge in [-0.05, 0) is 24.1 Å². The molecule has 4 heteroatoms. The van der Waals surface area contributed by atoms with Crippen LogP contribution in [0.4, 0.5) is 4.39 Å².